The molecule has 2 heterocycles. The molecule has 96 valence electrons. The number of pyridine rings is 1. The highest BCUT2D eigenvalue weighted by Gasteiger charge is 2.18. The first-order valence-corrected chi connectivity index (χ1v) is 6.20. The molecule has 1 aliphatic heterocycles. The third kappa shape index (κ3) is 2.05. The van der Waals surface area contributed by atoms with E-state index >= 15 is 0 Å². The summed E-state index contributed by atoms with van der Waals surface area (Å²) in [6.07, 6.45) is 2.56. The SMILES string of the molecule is COc1cccnc1C(=O)c1ccc2c(c1)CCN2. The zero-order valence-corrected chi connectivity index (χ0v) is 10.6. The van der Waals surface area contributed by atoms with Gasteiger partial charge in [0.1, 0.15) is 5.75 Å². The molecule has 0 radical (unpaired) electrons. The summed E-state index contributed by atoms with van der Waals surface area (Å²) in [6.45, 7) is 0.930. The summed E-state index contributed by atoms with van der Waals surface area (Å²) in [5.74, 6) is 0.401. The van der Waals surface area contributed by atoms with Crippen molar-refractivity contribution in [1.29, 1.82) is 0 Å². The smallest absolute Gasteiger partial charge is 0.215 e. The Morgan fingerprint density at radius 2 is 2.26 bits per heavy atom. The molecule has 0 fully saturated rings. The molecule has 0 amide bonds. The van der Waals surface area contributed by atoms with Gasteiger partial charge in [0.05, 0.1) is 7.11 Å². The number of aromatic nitrogens is 1. The van der Waals surface area contributed by atoms with Crippen molar-refractivity contribution in [2.45, 2.75) is 6.42 Å². The van der Waals surface area contributed by atoms with Gasteiger partial charge in [0.2, 0.25) is 5.78 Å². The number of carbonyl (C=O) groups excluding carboxylic acids is 1. The third-order valence-corrected chi connectivity index (χ3v) is 3.28. The Bertz CT molecular complexity index is 638. The summed E-state index contributed by atoms with van der Waals surface area (Å²) in [6, 6.07) is 9.21. The van der Waals surface area contributed by atoms with Crippen LogP contribution in [0.3, 0.4) is 0 Å². The van der Waals surface area contributed by atoms with Gasteiger partial charge in [0, 0.05) is 24.0 Å². The normalized spacial score (nSPS) is 12.7. The van der Waals surface area contributed by atoms with Gasteiger partial charge in [-0.2, -0.15) is 0 Å². The van der Waals surface area contributed by atoms with Crippen LogP contribution in [0.15, 0.2) is 36.5 Å². The Kier molecular flexibility index (Phi) is 2.91. The molecule has 0 aliphatic carbocycles. The van der Waals surface area contributed by atoms with Crippen LogP contribution >= 0.6 is 0 Å². The second-order valence-electron chi connectivity index (χ2n) is 4.43. The number of hydrogen-bond acceptors (Lipinski definition) is 4. The maximum absolute atomic E-state index is 12.5. The van der Waals surface area contributed by atoms with Gasteiger partial charge >= 0.3 is 0 Å². The Morgan fingerprint density at radius 1 is 1.37 bits per heavy atom. The molecule has 0 saturated carbocycles. The van der Waals surface area contributed by atoms with Crippen LogP contribution in [0.5, 0.6) is 5.75 Å². The van der Waals surface area contributed by atoms with Crippen molar-refractivity contribution in [3.8, 4) is 5.75 Å². The maximum Gasteiger partial charge on any atom is 0.215 e. The van der Waals surface area contributed by atoms with Crippen LogP contribution < -0.4 is 10.1 Å². The number of nitrogens with one attached hydrogen (secondary N) is 1. The second-order valence-corrected chi connectivity index (χ2v) is 4.43. The number of hydrogen-bond donors (Lipinski definition) is 1. The van der Waals surface area contributed by atoms with E-state index in [4.69, 9.17) is 4.74 Å². The Hall–Kier alpha value is -2.36. The van der Waals surface area contributed by atoms with E-state index in [1.807, 2.05) is 18.2 Å². The number of nitrogens with zero attached hydrogens (tertiary/aromatic N) is 1. The largest absolute Gasteiger partial charge is 0.494 e. The quantitative estimate of drug-likeness (QED) is 0.854. The molecule has 0 unspecified atom stereocenters. The van der Waals surface area contributed by atoms with Crippen LogP contribution in [0.4, 0.5) is 5.69 Å². The van der Waals surface area contributed by atoms with Gasteiger partial charge in [-0.05, 0) is 42.3 Å². The summed E-state index contributed by atoms with van der Waals surface area (Å²) in [7, 11) is 1.54. The van der Waals surface area contributed by atoms with Crippen molar-refractivity contribution in [2.24, 2.45) is 0 Å². The summed E-state index contributed by atoms with van der Waals surface area (Å²) >= 11 is 0. The van der Waals surface area contributed by atoms with Gasteiger partial charge in [0.25, 0.3) is 0 Å². The highest BCUT2D eigenvalue weighted by molar-refractivity contribution is 6.09. The van der Waals surface area contributed by atoms with E-state index in [-0.39, 0.29) is 5.78 Å². The van der Waals surface area contributed by atoms with Crippen LogP contribution in [0.1, 0.15) is 21.6 Å². The van der Waals surface area contributed by atoms with Crippen molar-refractivity contribution in [1.82, 2.24) is 4.98 Å². The first-order valence-electron chi connectivity index (χ1n) is 6.20. The molecule has 1 aromatic carbocycles. The number of fused-ring (bicyclic) bond motifs is 1. The first-order chi connectivity index (χ1) is 9.29. The van der Waals surface area contributed by atoms with Gasteiger partial charge in [-0.1, -0.05) is 0 Å². The average molecular weight is 254 g/mol. The van der Waals surface area contributed by atoms with E-state index in [9.17, 15) is 4.79 Å². The predicted octanol–water partition coefficient (Wildman–Crippen LogP) is 2.29. The van der Waals surface area contributed by atoms with Gasteiger partial charge in [0.15, 0.2) is 5.69 Å². The minimum atomic E-state index is -0.104. The van der Waals surface area contributed by atoms with Crippen LogP contribution in [-0.2, 0) is 6.42 Å². The Morgan fingerprint density at radius 3 is 3.11 bits per heavy atom. The zero-order chi connectivity index (χ0) is 13.2. The molecule has 2 aromatic rings. The standard InChI is InChI=1S/C15H14N2O2/c1-19-13-3-2-7-17-14(13)15(18)11-4-5-12-10(9-11)6-8-16-12/h2-5,7,9,16H,6,8H2,1H3. The number of methoxy groups -OCH3 is 1. The molecule has 19 heavy (non-hydrogen) atoms. The van der Waals surface area contributed by atoms with Crippen molar-refractivity contribution in [3.05, 3.63) is 53.3 Å². The highest BCUT2D eigenvalue weighted by atomic mass is 16.5. The van der Waals surface area contributed by atoms with E-state index in [0.29, 0.717) is 17.0 Å². The molecule has 4 heteroatoms. The molecule has 0 spiro atoms. The van der Waals surface area contributed by atoms with Crippen LogP contribution in [0.2, 0.25) is 0 Å². The molecule has 1 N–H and O–H groups in total. The molecule has 3 rings (SSSR count). The lowest BCUT2D eigenvalue weighted by Gasteiger charge is -2.07. The van der Waals surface area contributed by atoms with Gasteiger partial charge in [-0.25, -0.2) is 4.98 Å². The van der Waals surface area contributed by atoms with E-state index in [0.717, 1.165) is 18.7 Å². The van der Waals surface area contributed by atoms with Crippen molar-refractivity contribution in [2.75, 3.05) is 19.0 Å². The van der Waals surface area contributed by atoms with Gasteiger partial charge < -0.3 is 10.1 Å². The summed E-state index contributed by atoms with van der Waals surface area (Å²) in [5.41, 5.74) is 3.31. The van der Waals surface area contributed by atoms with Crippen LogP contribution in [0.25, 0.3) is 0 Å². The lowest BCUT2D eigenvalue weighted by Crippen LogP contribution is -2.06. The van der Waals surface area contributed by atoms with E-state index in [2.05, 4.69) is 10.3 Å². The third-order valence-electron chi connectivity index (χ3n) is 3.28. The monoisotopic (exact) mass is 254 g/mol. The minimum Gasteiger partial charge on any atom is -0.494 e. The van der Waals surface area contributed by atoms with Gasteiger partial charge in [-0.3, -0.25) is 4.79 Å². The van der Waals surface area contributed by atoms with E-state index in [1.54, 1.807) is 25.4 Å². The molecule has 1 aliphatic rings. The van der Waals surface area contributed by atoms with Crippen LogP contribution in [-0.4, -0.2) is 24.4 Å². The summed E-state index contributed by atoms with van der Waals surface area (Å²) < 4.78 is 5.18. The fourth-order valence-electron chi connectivity index (χ4n) is 2.31. The molecule has 0 atom stereocenters. The molecule has 0 bridgehead atoms. The number of anilines is 1. The predicted molar refractivity (Wildman–Crippen MR) is 72.9 cm³/mol. The van der Waals surface area contributed by atoms with Gasteiger partial charge in [-0.15, -0.1) is 0 Å². The molecule has 1 aromatic heterocycles. The summed E-state index contributed by atoms with van der Waals surface area (Å²) in [4.78, 5) is 16.6. The number of ether oxygens (including phenoxy) is 1. The lowest BCUT2D eigenvalue weighted by atomic mass is 10.0. The molecular weight excluding hydrogens is 240 g/mol. The zero-order valence-electron chi connectivity index (χ0n) is 10.6. The maximum atomic E-state index is 12.5. The number of carbonyl (C=O) groups is 1. The van der Waals surface area contributed by atoms with Crippen molar-refractivity contribution in [3.63, 3.8) is 0 Å². The molecular formula is C15H14N2O2. The van der Waals surface area contributed by atoms with Crippen LogP contribution in [0, 0.1) is 0 Å². The first kappa shape index (κ1) is 11.7. The Labute approximate surface area is 111 Å². The molecule has 4 nitrogen and oxygen atoms in total. The average Bonchev–Trinajstić information content (AvgIpc) is 2.93. The highest BCUT2D eigenvalue weighted by Crippen LogP contribution is 2.25. The van der Waals surface area contributed by atoms with E-state index < -0.39 is 0 Å². The second kappa shape index (κ2) is 4.72. The van der Waals surface area contributed by atoms with E-state index in [1.165, 1.54) is 5.56 Å². The fraction of sp³-hybridized carbons (Fsp3) is 0.200. The number of benzene rings is 1. The topological polar surface area (TPSA) is 51.2 Å². The fourth-order valence-corrected chi connectivity index (χ4v) is 2.31. The number of ketones is 1. The lowest BCUT2D eigenvalue weighted by molar-refractivity contribution is 0.103. The van der Waals surface area contributed by atoms with Crippen molar-refractivity contribution >= 4 is 11.5 Å². The number of rotatable bonds is 3. The molecule has 0 saturated heterocycles. The Balaban J connectivity index is 2.00. The summed E-state index contributed by atoms with van der Waals surface area (Å²) in [5, 5.41) is 3.28. The van der Waals surface area contributed by atoms with Crippen molar-refractivity contribution < 1.29 is 9.53 Å². The minimum absolute atomic E-state index is 0.104.